The molecule has 1 aliphatic rings. The highest BCUT2D eigenvalue weighted by atomic mass is 19.3. The van der Waals surface area contributed by atoms with Gasteiger partial charge in [-0.3, -0.25) is 0 Å². The molecule has 33 heavy (non-hydrogen) atoms. The van der Waals surface area contributed by atoms with Crippen LogP contribution in [0.25, 0.3) is 11.0 Å². The van der Waals surface area contributed by atoms with Gasteiger partial charge < -0.3 is 15.2 Å². The number of aryl methyl sites for hydroxylation is 1. The fourth-order valence-corrected chi connectivity index (χ4v) is 3.87. The molecule has 172 valence electrons. The van der Waals surface area contributed by atoms with Crippen LogP contribution in [0.2, 0.25) is 0 Å². The van der Waals surface area contributed by atoms with Gasteiger partial charge in [-0.05, 0) is 51.3 Å². The van der Waals surface area contributed by atoms with Crippen LogP contribution in [0.4, 0.5) is 14.6 Å². The summed E-state index contributed by atoms with van der Waals surface area (Å²) in [6.07, 6.45) is -0.356. The lowest BCUT2D eigenvalue weighted by Gasteiger charge is -2.22. The van der Waals surface area contributed by atoms with E-state index in [1.807, 2.05) is 13.0 Å². The predicted molar refractivity (Wildman–Crippen MR) is 119 cm³/mol. The topological polar surface area (TPSA) is 104 Å². The van der Waals surface area contributed by atoms with Crippen molar-refractivity contribution in [2.75, 3.05) is 12.4 Å². The third-order valence-electron chi connectivity index (χ3n) is 6.09. The fourth-order valence-electron chi connectivity index (χ4n) is 3.87. The largest absolute Gasteiger partial charge is 0.481 e. The molecule has 0 spiro atoms. The van der Waals surface area contributed by atoms with Crippen molar-refractivity contribution in [3.05, 3.63) is 52.8 Å². The number of aliphatic hydroxyl groups is 1. The summed E-state index contributed by atoms with van der Waals surface area (Å²) in [6.45, 7) is 4.63. The molecule has 4 rings (SSSR count). The number of rotatable bonds is 7. The molecule has 0 bridgehead atoms. The van der Waals surface area contributed by atoms with Gasteiger partial charge in [0.15, 0.2) is 5.65 Å². The Morgan fingerprint density at radius 1 is 1.21 bits per heavy atom. The molecule has 1 saturated carbocycles. The number of ether oxygens (including phenoxy) is 1. The van der Waals surface area contributed by atoms with Crippen LogP contribution >= 0.6 is 0 Å². The van der Waals surface area contributed by atoms with Crippen molar-refractivity contribution in [3.63, 3.8) is 0 Å². The highest BCUT2D eigenvalue weighted by Gasteiger charge is 2.47. The minimum Gasteiger partial charge on any atom is -0.481 e. The van der Waals surface area contributed by atoms with E-state index in [4.69, 9.17) is 4.74 Å². The Kier molecular flexibility index (Phi) is 5.66. The normalized spacial score (nSPS) is 16.7. The fraction of sp³-hybridized carbons (Fsp3) is 0.417. The molecule has 3 aromatic rings. The van der Waals surface area contributed by atoms with Crippen LogP contribution in [0.5, 0.6) is 5.88 Å². The van der Waals surface area contributed by atoms with Crippen LogP contribution in [0.1, 0.15) is 55.2 Å². The molecule has 9 heteroatoms. The first kappa shape index (κ1) is 22.8. The highest BCUT2D eigenvalue weighted by molar-refractivity contribution is 5.88. The summed E-state index contributed by atoms with van der Waals surface area (Å²) in [5.74, 6) is -2.02. The molecule has 1 fully saturated rings. The van der Waals surface area contributed by atoms with Crippen LogP contribution in [-0.4, -0.2) is 33.3 Å². The molecule has 0 saturated heterocycles. The number of halogens is 2. The first-order valence-corrected chi connectivity index (χ1v) is 10.7. The minimum absolute atomic E-state index is 0.259. The van der Waals surface area contributed by atoms with Crippen molar-refractivity contribution in [2.45, 2.75) is 57.1 Å². The van der Waals surface area contributed by atoms with E-state index in [0.29, 0.717) is 39.7 Å². The van der Waals surface area contributed by atoms with E-state index in [1.165, 1.54) is 25.3 Å². The molecule has 2 atom stereocenters. The Morgan fingerprint density at radius 2 is 1.94 bits per heavy atom. The lowest BCUT2D eigenvalue weighted by atomic mass is 9.97. The first-order chi connectivity index (χ1) is 15.6. The number of nitrogens with zero attached hydrogens (tertiary/aromatic N) is 4. The van der Waals surface area contributed by atoms with Crippen LogP contribution in [0, 0.1) is 18.3 Å². The Morgan fingerprint density at radius 3 is 2.55 bits per heavy atom. The van der Waals surface area contributed by atoms with Crippen LogP contribution < -0.4 is 10.1 Å². The molecule has 0 radical (unpaired) electrons. The Bertz CT molecular complexity index is 1250. The van der Waals surface area contributed by atoms with E-state index in [0.717, 1.165) is 19.8 Å². The van der Waals surface area contributed by atoms with Gasteiger partial charge in [-0.15, -0.1) is 0 Å². The standard InChI is InChI=1S/C24H25F2N5O2/c1-13(16-6-5-7-17(10-16)24(25,26)14(2)32)28-20-18-11-19(23(12-27)8-9-23)22(33-4)31-21(18)30-15(3)29-20/h5-7,10-11,13-14,32H,8-9H2,1-4H3,(H,28,29,30,31)/t13-,14+/m1/s1. The Labute approximate surface area is 190 Å². The van der Waals surface area contributed by atoms with E-state index >= 15 is 0 Å². The maximum atomic E-state index is 14.3. The number of benzene rings is 1. The molecular weight excluding hydrogens is 428 g/mol. The van der Waals surface area contributed by atoms with Gasteiger partial charge >= 0.3 is 0 Å². The summed E-state index contributed by atoms with van der Waals surface area (Å²) in [4.78, 5) is 13.4. The molecule has 0 unspecified atom stereocenters. The second-order valence-electron chi connectivity index (χ2n) is 8.52. The lowest BCUT2D eigenvalue weighted by molar-refractivity contribution is -0.106. The number of methoxy groups -OCH3 is 1. The SMILES string of the molecule is COc1nc2nc(C)nc(N[C@H](C)c3cccc(C(F)(F)[C@H](C)O)c3)c2cc1C1(C#N)CC1. The molecular formula is C24H25F2N5O2. The predicted octanol–water partition coefficient (Wildman–Crippen LogP) is 4.54. The first-order valence-electron chi connectivity index (χ1n) is 10.7. The number of anilines is 1. The maximum Gasteiger partial charge on any atom is 0.298 e. The van der Waals surface area contributed by atoms with Gasteiger partial charge in [-0.2, -0.15) is 19.0 Å². The Hall–Kier alpha value is -3.38. The quantitative estimate of drug-likeness (QED) is 0.541. The molecule has 2 heterocycles. The average molecular weight is 453 g/mol. The molecule has 0 aliphatic heterocycles. The van der Waals surface area contributed by atoms with E-state index < -0.39 is 17.4 Å². The van der Waals surface area contributed by atoms with Crippen molar-refractivity contribution in [3.8, 4) is 11.9 Å². The summed E-state index contributed by atoms with van der Waals surface area (Å²) in [5, 5.41) is 23.1. The number of fused-ring (bicyclic) bond motifs is 1. The van der Waals surface area contributed by atoms with Gasteiger partial charge in [-0.1, -0.05) is 18.2 Å². The number of nitrogens with one attached hydrogen (secondary N) is 1. The van der Waals surface area contributed by atoms with Gasteiger partial charge in [0.1, 0.15) is 17.7 Å². The van der Waals surface area contributed by atoms with Crippen molar-refractivity contribution in [1.29, 1.82) is 5.26 Å². The monoisotopic (exact) mass is 453 g/mol. The number of aromatic nitrogens is 3. The van der Waals surface area contributed by atoms with E-state index in [2.05, 4.69) is 26.3 Å². The molecule has 1 aromatic carbocycles. The summed E-state index contributed by atoms with van der Waals surface area (Å²) in [7, 11) is 1.51. The lowest BCUT2D eigenvalue weighted by Crippen LogP contribution is -2.28. The summed E-state index contributed by atoms with van der Waals surface area (Å²) in [5.41, 5.74) is 0.837. The van der Waals surface area contributed by atoms with Crippen molar-refractivity contribution in [1.82, 2.24) is 15.0 Å². The van der Waals surface area contributed by atoms with Gasteiger partial charge in [0.05, 0.1) is 24.0 Å². The average Bonchev–Trinajstić information content (AvgIpc) is 3.59. The molecule has 0 amide bonds. The molecule has 2 aromatic heterocycles. The zero-order chi connectivity index (χ0) is 24.0. The Balaban J connectivity index is 1.75. The third-order valence-corrected chi connectivity index (χ3v) is 6.09. The number of nitriles is 1. The van der Waals surface area contributed by atoms with E-state index in [9.17, 15) is 19.1 Å². The van der Waals surface area contributed by atoms with Gasteiger partial charge in [-0.25, -0.2) is 9.97 Å². The number of aliphatic hydroxyl groups excluding tert-OH is 1. The number of pyridine rings is 1. The van der Waals surface area contributed by atoms with Gasteiger partial charge in [0, 0.05) is 17.2 Å². The maximum absolute atomic E-state index is 14.3. The van der Waals surface area contributed by atoms with Crippen LogP contribution in [0.3, 0.4) is 0 Å². The molecule has 1 aliphatic carbocycles. The van der Waals surface area contributed by atoms with Gasteiger partial charge in [0.25, 0.3) is 5.92 Å². The third kappa shape index (κ3) is 4.07. The summed E-state index contributed by atoms with van der Waals surface area (Å²) < 4.78 is 34.1. The zero-order valence-corrected chi connectivity index (χ0v) is 18.9. The molecule has 7 nitrogen and oxygen atoms in total. The number of alkyl halides is 2. The van der Waals surface area contributed by atoms with E-state index in [-0.39, 0.29) is 11.6 Å². The molecule has 2 N–H and O–H groups in total. The minimum atomic E-state index is -3.36. The van der Waals surface area contributed by atoms with Gasteiger partial charge in [0.2, 0.25) is 5.88 Å². The second-order valence-corrected chi connectivity index (χ2v) is 8.52. The number of hydrogen-bond acceptors (Lipinski definition) is 7. The van der Waals surface area contributed by atoms with Crippen LogP contribution in [0.15, 0.2) is 30.3 Å². The van der Waals surface area contributed by atoms with Crippen LogP contribution in [-0.2, 0) is 11.3 Å². The highest BCUT2D eigenvalue weighted by Crippen LogP contribution is 2.51. The van der Waals surface area contributed by atoms with Crippen molar-refractivity contribution >= 4 is 16.9 Å². The smallest absolute Gasteiger partial charge is 0.298 e. The second kappa shape index (κ2) is 8.19. The van der Waals surface area contributed by atoms with Crippen molar-refractivity contribution in [2.24, 2.45) is 0 Å². The van der Waals surface area contributed by atoms with E-state index in [1.54, 1.807) is 13.0 Å². The summed E-state index contributed by atoms with van der Waals surface area (Å²) >= 11 is 0. The number of hydrogen-bond donors (Lipinski definition) is 2. The zero-order valence-electron chi connectivity index (χ0n) is 18.9. The van der Waals surface area contributed by atoms with Crippen molar-refractivity contribution < 1.29 is 18.6 Å². The summed E-state index contributed by atoms with van der Waals surface area (Å²) in [6, 6.07) is 9.76.